The Hall–Kier alpha value is -9.84. The SMILES string of the molecule is c1ccc(-c2cc(-c3ccccc3)c3sc4c(-c5cccc(-c6cc(-c7cccc(-c8cc(-c9ccccc9)cc9c8sc8c(-c%10ccccc%10)cc(-c%10ccccc%10)cc89)c7)ncn6)c5)cc(-c5ccccc5)cc4c3c2)cc1. The van der Waals surface area contributed by atoms with Gasteiger partial charge in [-0.25, -0.2) is 9.97 Å². The van der Waals surface area contributed by atoms with Crippen molar-refractivity contribution < 1.29 is 0 Å². The highest BCUT2D eigenvalue weighted by atomic mass is 32.1. The van der Waals surface area contributed by atoms with E-state index >= 15 is 0 Å². The van der Waals surface area contributed by atoms with Crippen molar-refractivity contribution in [2.75, 3.05) is 0 Å². The van der Waals surface area contributed by atoms with E-state index in [1.807, 2.05) is 22.7 Å². The van der Waals surface area contributed by atoms with Gasteiger partial charge in [-0.1, -0.05) is 218 Å². The van der Waals surface area contributed by atoms with E-state index in [2.05, 4.69) is 285 Å². The molecule has 3 heterocycles. The number of aromatic nitrogens is 2. The molecular weight excluding hydrogens is 1000 g/mol. The van der Waals surface area contributed by atoms with Crippen molar-refractivity contribution >= 4 is 63.0 Å². The second-order valence-electron chi connectivity index (χ2n) is 20.5. The van der Waals surface area contributed by atoms with Gasteiger partial charge in [-0.2, -0.15) is 0 Å². The molecule has 0 aliphatic carbocycles. The molecule has 4 heteroatoms. The molecular formula is C76H48N2S2. The van der Waals surface area contributed by atoms with Crippen LogP contribution in [0.4, 0.5) is 0 Å². The monoisotopic (exact) mass is 1050 g/mol. The first-order valence-electron chi connectivity index (χ1n) is 27.1. The maximum atomic E-state index is 4.96. The van der Waals surface area contributed by atoms with Crippen LogP contribution in [-0.2, 0) is 0 Å². The molecule has 0 saturated heterocycles. The van der Waals surface area contributed by atoms with Crippen LogP contribution in [0.3, 0.4) is 0 Å². The van der Waals surface area contributed by atoms with Crippen LogP contribution in [0.2, 0.25) is 0 Å². The maximum Gasteiger partial charge on any atom is 0.116 e. The van der Waals surface area contributed by atoms with Crippen LogP contribution in [0, 0.1) is 0 Å². The van der Waals surface area contributed by atoms with Gasteiger partial charge in [0.25, 0.3) is 0 Å². The normalized spacial score (nSPS) is 11.5. The smallest absolute Gasteiger partial charge is 0.116 e. The highest BCUT2D eigenvalue weighted by Crippen LogP contribution is 2.50. The van der Waals surface area contributed by atoms with Gasteiger partial charge in [0.2, 0.25) is 0 Å². The molecule has 2 nitrogen and oxygen atoms in total. The summed E-state index contributed by atoms with van der Waals surface area (Å²) in [5.74, 6) is 0. The molecule has 374 valence electrons. The fourth-order valence-corrected chi connectivity index (χ4v) is 14.3. The van der Waals surface area contributed by atoms with Crippen molar-refractivity contribution in [3.05, 3.63) is 291 Å². The molecule has 0 aliphatic heterocycles. The van der Waals surface area contributed by atoms with Crippen LogP contribution in [0.25, 0.3) is 152 Å². The Morgan fingerprint density at radius 1 is 0.188 bits per heavy atom. The van der Waals surface area contributed by atoms with Crippen molar-refractivity contribution in [1.29, 1.82) is 0 Å². The van der Waals surface area contributed by atoms with E-state index in [-0.39, 0.29) is 0 Å². The third-order valence-electron chi connectivity index (χ3n) is 15.5. The molecule has 0 aliphatic rings. The lowest BCUT2D eigenvalue weighted by molar-refractivity contribution is 1.18. The molecule has 3 aromatic heterocycles. The predicted octanol–water partition coefficient (Wildman–Crippen LogP) is 21.9. The van der Waals surface area contributed by atoms with E-state index < -0.39 is 0 Å². The number of hydrogen-bond acceptors (Lipinski definition) is 4. The molecule has 15 rings (SSSR count). The molecule has 0 amide bonds. The lowest BCUT2D eigenvalue weighted by Gasteiger charge is -2.12. The summed E-state index contributed by atoms with van der Waals surface area (Å²) in [6.07, 6.45) is 1.72. The second kappa shape index (κ2) is 20.2. The first-order valence-corrected chi connectivity index (χ1v) is 28.7. The molecule has 12 aromatic carbocycles. The average Bonchev–Trinajstić information content (AvgIpc) is 4.13. The van der Waals surface area contributed by atoms with Crippen LogP contribution >= 0.6 is 22.7 Å². The van der Waals surface area contributed by atoms with E-state index in [0.29, 0.717) is 0 Å². The molecule has 0 spiro atoms. The lowest BCUT2D eigenvalue weighted by Crippen LogP contribution is -1.91. The lowest BCUT2D eigenvalue weighted by atomic mass is 9.92. The Labute approximate surface area is 472 Å². The quantitative estimate of drug-likeness (QED) is 0.136. The van der Waals surface area contributed by atoms with Crippen LogP contribution in [0.1, 0.15) is 0 Å². The average molecular weight is 1050 g/mol. The molecule has 0 unspecified atom stereocenters. The summed E-state index contributed by atoms with van der Waals surface area (Å²) in [4.78, 5) is 9.92. The summed E-state index contributed by atoms with van der Waals surface area (Å²) in [7, 11) is 0. The van der Waals surface area contributed by atoms with Gasteiger partial charge in [0.15, 0.2) is 0 Å². The maximum absolute atomic E-state index is 4.96. The zero-order valence-corrected chi connectivity index (χ0v) is 45.1. The summed E-state index contributed by atoms with van der Waals surface area (Å²) >= 11 is 3.78. The standard InChI is InChI=1S/C76H48N2S2/c1-7-21-49(22-8-1)59-39-63(53-29-15-5-16-30-53)73-67(43-59)69-45-61(51-25-11-3-12-26-51)41-65(75(69)79-73)55-33-19-35-57(37-55)71-47-72(78-48-77-71)58-36-20-34-56(38-58)66-42-62(52-27-13-4-14-28-52)46-70-68-44-60(50-23-9-2-10-24-50)40-64(74(68)80-76(66)70)54-31-17-6-18-32-54/h1-48H. The van der Waals surface area contributed by atoms with Gasteiger partial charge in [0.1, 0.15) is 6.33 Å². The topological polar surface area (TPSA) is 25.8 Å². The minimum atomic E-state index is 0.869. The highest BCUT2D eigenvalue weighted by Gasteiger charge is 2.21. The fourth-order valence-electron chi connectivity index (χ4n) is 11.6. The summed E-state index contributed by atoms with van der Waals surface area (Å²) in [5.41, 5.74) is 23.0. The zero-order chi connectivity index (χ0) is 52.9. The molecule has 0 radical (unpaired) electrons. The molecule has 0 atom stereocenters. The van der Waals surface area contributed by atoms with E-state index in [4.69, 9.17) is 9.97 Å². The van der Waals surface area contributed by atoms with Crippen LogP contribution in [0.5, 0.6) is 0 Å². The number of nitrogens with zero attached hydrogens (tertiary/aromatic N) is 2. The second-order valence-corrected chi connectivity index (χ2v) is 22.5. The molecule has 80 heavy (non-hydrogen) atoms. The largest absolute Gasteiger partial charge is 0.236 e. The first-order chi connectivity index (χ1) is 39.6. The van der Waals surface area contributed by atoms with Gasteiger partial charge in [-0.05, 0) is 133 Å². The van der Waals surface area contributed by atoms with Crippen molar-refractivity contribution in [2.24, 2.45) is 0 Å². The molecule has 0 saturated carbocycles. The Morgan fingerprint density at radius 3 is 0.738 bits per heavy atom. The minimum Gasteiger partial charge on any atom is -0.236 e. The number of hydrogen-bond donors (Lipinski definition) is 0. The number of rotatable bonds is 10. The molecule has 15 aromatic rings. The van der Waals surface area contributed by atoms with Gasteiger partial charge in [0.05, 0.1) is 11.4 Å². The highest BCUT2D eigenvalue weighted by molar-refractivity contribution is 7.27. The van der Waals surface area contributed by atoms with Gasteiger partial charge >= 0.3 is 0 Å². The van der Waals surface area contributed by atoms with E-state index in [1.54, 1.807) is 6.33 Å². The van der Waals surface area contributed by atoms with Gasteiger partial charge in [-0.15, -0.1) is 22.7 Å². The number of thiophene rings is 2. The predicted molar refractivity (Wildman–Crippen MR) is 342 cm³/mol. The fraction of sp³-hybridized carbons (Fsp3) is 0. The van der Waals surface area contributed by atoms with Crippen molar-refractivity contribution in [1.82, 2.24) is 9.97 Å². The third-order valence-corrected chi connectivity index (χ3v) is 18.1. The Kier molecular flexibility index (Phi) is 12.0. The summed E-state index contributed by atoms with van der Waals surface area (Å²) < 4.78 is 5.09. The Balaban J connectivity index is 0.862. The molecule has 0 fully saturated rings. The van der Waals surface area contributed by atoms with Crippen LogP contribution in [0.15, 0.2) is 291 Å². The van der Waals surface area contributed by atoms with Crippen molar-refractivity contribution in [3.63, 3.8) is 0 Å². The van der Waals surface area contributed by atoms with Gasteiger partial charge in [0, 0.05) is 73.7 Å². The number of fused-ring (bicyclic) bond motifs is 6. The molecule has 0 N–H and O–H groups in total. The van der Waals surface area contributed by atoms with Crippen LogP contribution < -0.4 is 0 Å². The zero-order valence-electron chi connectivity index (χ0n) is 43.4. The van der Waals surface area contributed by atoms with Gasteiger partial charge in [-0.3, -0.25) is 0 Å². The van der Waals surface area contributed by atoms with E-state index in [9.17, 15) is 0 Å². The van der Waals surface area contributed by atoms with E-state index in [1.165, 1.54) is 118 Å². The number of benzene rings is 12. The van der Waals surface area contributed by atoms with Crippen molar-refractivity contribution in [3.8, 4) is 112 Å². The van der Waals surface area contributed by atoms with Crippen LogP contribution in [-0.4, -0.2) is 9.97 Å². The minimum absolute atomic E-state index is 0.869. The summed E-state index contributed by atoms with van der Waals surface area (Å²) in [6, 6.07) is 104. The Morgan fingerprint density at radius 2 is 0.438 bits per heavy atom. The summed E-state index contributed by atoms with van der Waals surface area (Å²) in [6.45, 7) is 0. The first kappa shape index (κ1) is 47.4. The Bertz CT molecular complexity index is 4480. The van der Waals surface area contributed by atoms with Crippen molar-refractivity contribution in [2.45, 2.75) is 0 Å². The molecule has 0 bridgehead atoms. The third kappa shape index (κ3) is 8.68. The van der Waals surface area contributed by atoms with Gasteiger partial charge < -0.3 is 0 Å². The summed E-state index contributed by atoms with van der Waals surface area (Å²) in [5, 5.41) is 5.03. The van der Waals surface area contributed by atoms with E-state index in [0.717, 1.165) is 33.6 Å².